The highest BCUT2D eigenvalue weighted by Crippen LogP contribution is 2.40. The average Bonchev–Trinajstić information content (AvgIpc) is 2.86. The summed E-state index contributed by atoms with van der Waals surface area (Å²) in [5.74, 6) is -0.159. The second-order valence-electron chi connectivity index (χ2n) is 7.32. The molecule has 0 fully saturated rings. The van der Waals surface area contributed by atoms with Gasteiger partial charge < -0.3 is 14.5 Å². The first-order chi connectivity index (χ1) is 14.5. The summed E-state index contributed by atoms with van der Waals surface area (Å²) in [6.45, 7) is 3.46. The Hall–Kier alpha value is -3.45. The van der Waals surface area contributed by atoms with Gasteiger partial charge in [0.25, 0.3) is 5.56 Å². The molecular weight excluding hydrogens is 380 g/mol. The third-order valence-electron chi connectivity index (χ3n) is 5.08. The maximum Gasteiger partial charge on any atom is 0.345 e. The summed E-state index contributed by atoms with van der Waals surface area (Å²) >= 11 is 0. The summed E-state index contributed by atoms with van der Waals surface area (Å²) in [5, 5.41) is 0. The minimum Gasteiger partial charge on any atom is -0.462 e. The van der Waals surface area contributed by atoms with Gasteiger partial charge in [-0.05, 0) is 45.3 Å². The van der Waals surface area contributed by atoms with Crippen LogP contribution in [0.5, 0.6) is 0 Å². The fourth-order valence-electron chi connectivity index (χ4n) is 3.67. The molecule has 3 aromatic rings. The molecule has 1 aliphatic heterocycles. The fraction of sp³-hybridized carbons (Fsp3) is 0.261. The van der Waals surface area contributed by atoms with E-state index in [0.29, 0.717) is 11.5 Å². The first-order valence-electron chi connectivity index (χ1n) is 9.93. The van der Waals surface area contributed by atoms with Crippen molar-refractivity contribution in [2.24, 2.45) is 0 Å². The Balaban J connectivity index is 2.02. The Labute approximate surface area is 175 Å². The number of para-hydroxylation sites is 3. The maximum absolute atomic E-state index is 13.4. The number of hydrogen-bond donors (Lipinski definition) is 0. The summed E-state index contributed by atoms with van der Waals surface area (Å²) in [6, 6.07) is 15.6. The number of nitrogens with zero attached hydrogens (tertiary/aromatic N) is 4. The Morgan fingerprint density at radius 2 is 1.70 bits per heavy atom. The highest BCUT2D eigenvalue weighted by atomic mass is 16.5. The number of fused-ring (bicyclic) bond motifs is 5. The van der Waals surface area contributed by atoms with Crippen molar-refractivity contribution in [2.75, 3.05) is 38.7 Å². The minimum atomic E-state index is -0.662. The van der Waals surface area contributed by atoms with Crippen molar-refractivity contribution >= 4 is 17.3 Å². The van der Waals surface area contributed by atoms with E-state index >= 15 is 0 Å². The SMILES string of the molecule is CCOC(=O)c1cnc2n(c1=O)-c1ccccc1N(CCN(C)C)c1ccccc1-2. The van der Waals surface area contributed by atoms with Crippen molar-refractivity contribution in [1.29, 1.82) is 0 Å². The lowest BCUT2D eigenvalue weighted by atomic mass is 10.1. The van der Waals surface area contributed by atoms with Gasteiger partial charge in [0.15, 0.2) is 0 Å². The van der Waals surface area contributed by atoms with Crippen molar-refractivity contribution < 1.29 is 9.53 Å². The van der Waals surface area contributed by atoms with Crippen LogP contribution in [-0.2, 0) is 4.74 Å². The highest BCUT2D eigenvalue weighted by Gasteiger charge is 2.28. The number of anilines is 2. The molecule has 0 atom stereocenters. The van der Waals surface area contributed by atoms with Gasteiger partial charge in [0.2, 0.25) is 0 Å². The minimum absolute atomic E-state index is 0.0744. The second-order valence-corrected chi connectivity index (χ2v) is 7.32. The van der Waals surface area contributed by atoms with Crippen LogP contribution in [0.3, 0.4) is 0 Å². The van der Waals surface area contributed by atoms with E-state index in [9.17, 15) is 9.59 Å². The van der Waals surface area contributed by atoms with E-state index in [1.54, 1.807) is 6.92 Å². The van der Waals surface area contributed by atoms with Crippen LogP contribution in [0.2, 0.25) is 0 Å². The normalized spacial score (nSPS) is 12.1. The van der Waals surface area contributed by atoms with Crippen LogP contribution in [0.4, 0.5) is 11.4 Å². The van der Waals surface area contributed by atoms with Gasteiger partial charge in [0, 0.05) is 24.8 Å². The summed E-state index contributed by atoms with van der Waals surface area (Å²) in [6.07, 6.45) is 1.32. The van der Waals surface area contributed by atoms with Gasteiger partial charge in [0.1, 0.15) is 11.4 Å². The Bertz CT molecular complexity index is 1150. The van der Waals surface area contributed by atoms with Crippen LogP contribution in [-0.4, -0.2) is 54.2 Å². The molecule has 1 aromatic heterocycles. The first-order valence-corrected chi connectivity index (χ1v) is 9.93. The summed E-state index contributed by atoms with van der Waals surface area (Å²) in [7, 11) is 4.06. The van der Waals surface area contributed by atoms with E-state index in [1.807, 2.05) is 62.6 Å². The summed E-state index contributed by atoms with van der Waals surface area (Å²) in [4.78, 5) is 34.6. The zero-order valence-corrected chi connectivity index (χ0v) is 17.3. The van der Waals surface area contributed by atoms with E-state index in [1.165, 1.54) is 10.8 Å². The van der Waals surface area contributed by atoms with Crippen molar-refractivity contribution in [2.45, 2.75) is 6.92 Å². The fourth-order valence-corrected chi connectivity index (χ4v) is 3.67. The van der Waals surface area contributed by atoms with Crippen LogP contribution < -0.4 is 10.5 Å². The van der Waals surface area contributed by atoms with Gasteiger partial charge in [-0.3, -0.25) is 9.36 Å². The Morgan fingerprint density at radius 3 is 2.40 bits per heavy atom. The number of hydrogen-bond acceptors (Lipinski definition) is 6. The van der Waals surface area contributed by atoms with Crippen LogP contribution >= 0.6 is 0 Å². The lowest BCUT2D eigenvalue weighted by Crippen LogP contribution is -2.30. The molecule has 154 valence electrons. The van der Waals surface area contributed by atoms with E-state index in [0.717, 1.165) is 30.0 Å². The quantitative estimate of drug-likeness (QED) is 0.609. The predicted molar refractivity (Wildman–Crippen MR) is 117 cm³/mol. The molecule has 0 N–H and O–H groups in total. The molecule has 30 heavy (non-hydrogen) atoms. The lowest BCUT2D eigenvalue weighted by Gasteiger charge is -2.27. The van der Waals surface area contributed by atoms with Crippen LogP contribution in [0.1, 0.15) is 17.3 Å². The van der Waals surface area contributed by atoms with E-state index < -0.39 is 11.5 Å². The molecule has 4 rings (SSSR count). The van der Waals surface area contributed by atoms with Gasteiger partial charge in [-0.2, -0.15) is 0 Å². The first kappa shape index (κ1) is 19.8. The third kappa shape index (κ3) is 3.37. The molecule has 7 heteroatoms. The number of likely N-dealkylation sites (N-methyl/N-ethyl adjacent to an activating group) is 1. The Kier molecular flexibility index (Phi) is 5.37. The van der Waals surface area contributed by atoms with Crippen LogP contribution in [0, 0.1) is 0 Å². The molecular formula is C23H24N4O3. The Morgan fingerprint density at radius 1 is 1.03 bits per heavy atom. The average molecular weight is 404 g/mol. The molecule has 0 amide bonds. The smallest absolute Gasteiger partial charge is 0.345 e. The van der Waals surface area contributed by atoms with Crippen LogP contribution in [0.15, 0.2) is 59.5 Å². The van der Waals surface area contributed by atoms with E-state index in [-0.39, 0.29) is 12.2 Å². The lowest BCUT2D eigenvalue weighted by molar-refractivity contribution is 0.0523. The number of ether oxygens (including phenoxy) is 1. The van der Waals surface area contributed by atoms with Crippen LogP contribution in [0.25, 0.3) is 17.1 Å². The zero-order chi connectivity index (χ0) is 21.3. The molecule has 0 unspecified atom stereocenters. The molecule has 0 bridgehead atoms. The van der Waals surface area contributed by atoms with Crippen molar-refractivity contribution in [3.05, 3.63) is 70.6 Å². The molecule has 7 nitrogen and oxygen atoms in total. The summed E-state index contributed by atoms with van der Waals surface area (Å²) in [5.41, 5.74) is 2.86. The highest BCUT2D eigenvalue weighted by molar-refractivity contribution is 5.91. The zero-order valence-electron chi connectivity index (χ0n) is 17.3. The predicted octanol–water partition coefficient (Wildman–Crippen LogP) is 3.09. The van der Waals surface area contributed by atoms with Gasteiger partial charge in [-0.25, -0.2) is 9.78 Å². The molecule has 1 aliphatic rings. The monoisotopic (exact) mass is 404 g/mol. The second kappa shape index (κ2) is 8.12. The molecule has 0 radical (unpaired) electrons. The number of carbonyl (C=O) groups excluding carboxylic acids is 1. The standard InChI is InChI=1S/C23H24N4O3/c1-4-30-23(29)17-15-24-21-16-9-5-6-10-18(16)26(14-13-25(2)3)19-11-7-8-12-20(19)27(21)22(17)28/h5-12,15H,4,13-14H2,1-3H3. The molecule has 0 spiro atoms. The van der Waals surface area contributed by atoms with Gasteiger partial charge in [0.05, 0.1) is 23.7 Å². The topological polar surface area (TPSA) is 67.7 Å². The van der Waals surface area contributed by atoms with Crippen molar-refractivity contribution in [3.63, 3.8) is 0 Å². The largest absolute Gasteiger partial charge is 0.462 e. The number of rotatable bonds is 5. The van der Waals surface area contributed by atoms with E-state index in [4.69, 9.17) is 4.74 Å². The number of benzene rings is 2. The van der Waals surface area contributed by atoms with E-state index in [2.05, 4.69) is 14.8 Å². The van der Waals surface area contributed by atoms with Crippen molar-refractivity contribution in [3.8, 4) is 17.1 Å². The van der Waals surface area contributed by atoms with Crippen molar-refractivity contribution in [1.82, 2.24) is 14.5 Å². The molecule has 2 heterocycles. The third-order valence-corrected chi connectivity index (χ3v) is 5.08. The molecule has 0 saturated heterocycles. The summed E-state index contributed by atoms with van der Waals surface area (Å²) < 4.78 is 6.59. The number of aromatic nitrogens is 2. The number of carbonyl (C=O) groups is 1. The molecule has 0 saturated carbocycles. The van der Waals surface area contributed by atoms with Gasteiger partial charge >= 0.3 is 5.97 Å². The molecule has 0 aliphatic carbocycles. The van der Waals surface area contributed by atoms with Gasteiger partial charge in [-0.15, -0.1) is 0 Å². The van der Waals surface area contributed by atoms with Gasteiger partial charge in [-0.1, -0.05) is 24.3 Å². The molecule has 2 aromatic carbocycles. The number of esters is 1. The maximum atomic E-state index is 13.4.